The molecule has 0 fully saturated rings. The summed E-state index contributed by atoms with van der Waals surface area (Å²) in [6.07, 6.45) is -7.59. The monoisotopic (exact) mass is 1540 g/mol. The molecule has 0 saturated carbocycles. The van der Waals surface area contributed by atoms with Crippen LogP contribution in [-0.4, -0.2) is 54.4 Å². The van der Waals surface area contributed by atoms with Gasteiger partial charge in [-0.25, -0.2) is 0 Å². The summed E-state index contributed by atoms with van der Waals surface area (Å²) in [7, 11) is 1.02. The number of carbonyl (C=O) groups excluding carboxylic acids is 2. The number of carboxylic acid groups (broad SMARTS) is 1. The molecule has 0 bridgehead atoms. The van der Waals surface area contributed by atoms with Gasteiger partial charge in [-0.2, -0.15) is 39.5 Å². The summed E-state index contributed by atoms with van der Waals surface area (Å²) in [5.74, 6) is 17.5. The number of carboxylic acids is 1. The zero-order valence-corrected chi connectivity index (χ0v) is 60.9. The van der Waals surface area contributed by atoms with E-state index in [0.717, 1.165) is 147 Å². The molecule has 9 aromatic carbocycles. The number of halogens is 10. The molecule has 11 nitrogen and oxygen atoms in total. The lowest BCUT2D eigenvalue weighted by molar-refractivity contribution is -0.141. The Morgan fingerprint density at radius 2 is 0.722 bits per heavy atom. The highest BCUT2D eigenvalue weighted by atomic mass is 79.9. The Labute approximate surface area is 629 Å². The molecule has 12 rings (SSSR count). The second-order valence-electron chi connectivity index (χ2n) is 25.5. The Morgan fingerprint density at radius 1 is 0.426 bits per heavy atom. The second-order valence-corrected chi connectivity index (χ2v) is 26.4. The molecule has 0 aliphatic heterocycles. The molecular formula is C86H75BBrF9O11. The van der Waals surface area contributed by atoms with Gasteiger partial charge in [0, 0.05) is 4.47 Å². The Hall–Kier alpha value is -10.7. The number of esters is 2. The van der Waals surface area contributed by atoms with Gasteiger partial charge in [0.2, 0.25) is 0 Å². The summed E-state index contributed by atoms with van der Waals surface area (Å²) < 4.78 is 143. The van der Waals surface area contributed by atoms with Gasteiger partial charge in [-0.3, -0.25) is 14.4 Å². The number of aliphatic carboxylic acids is 1. The van der Waals surface area contributed by atoms with Crippen LogP contribution >= 0.6 is 15.9 Å². The van der Waals surface area contributed by atoms with E-state index < -0.39 is 48.3 Å². The largest absolute Gasteiger partial charge is 0.488 e. The maximum atomic E-state index is 12.9. The van der Waals surface area contributed by atoms with E-state index in [1.165, 1.54) is 55.2 Å². The van der Waals surface area contributed by atoms with Crippen molar-refractivity contribution in [2.75, 3.05) is 14.2 Å². The molecule has 0 saturated heterocycles. The second kappa shape index (κ2) is 37.2. The first kappa shape index (κ1) is 81.4. The third-order valence-electron chi connectivity index (χ3n) is 18.3. The minimum absolute atomic E-state index is 0.0352. The first-order valence-electron chi connectivity index (χ1n) is 34.4. The van der Waals surface area contributed by atoms with Crippen LogP contribution < -0.4 is 19.7 Å². The van der Waals surface area contributed by atoms with Crippen molar-refractivity contribution in [1.82, 2.24) is 0 Å². The predicted octanol–water partition coefficient (Wildman–Crippen LogP) is 19.7. The third-order valence-corrected chi connectivity index (χ3v) is 18.8. The number of aryl methyl sites for hydroxylation is 3. The lowest BCUT2D eigenvalue weighted by Crippen LogP contribution is -2.29. The van der Waals surface area contributed by atoms with Crippen molar-refractivity contribution in [3.63, 3.8) is 0 Å². The quantitative estimate of drug-likeness (QED) is 0.0325. The van der Waals surface area contributed by atoms with Gasteiger partial charge in [-0.1, -0.05) is 149 Å². The number of hydrogen-bond donors (Lipinski definition) is 3. The van der Waals surface area contributed by atoms with E-state index in [1.54, 1.807) is 20.8 Å². The smallest absolute Gasteiger partial charge is 0.486 e. The lowest BCUT2D eigenvalue weighted by atomic mass is 9.80. The number of ether oxygens (including phenoxy) is 5. The van der Waals surface area contributed by atoms with Crippen LogP contribution in [0.4, 0.5) is 39.5 Å². The highest BCUT2D eigenvalue weighted by molar-refractivity contribution is 9.10. The van der Waals surface area contributed by atoms with E-state index in [1.807, 2.05) is 109 Å². The first-order chi connectivity index (χ1) is 51.5. The van der Waals surface area contributed by atoms with Gasteiger partial charge in [0.25, 0.3) is 0 Å². The van der Waals surface area contributed by atoms with Crippen LogP contribution in [0.2, 0.25) is 0 Å². The molecule has 3 aliphatic carbocycles. The number of fused-ring (bicyclic) bond motifs is 3. The lowest BCUT2D eigenvalue weighted by Gasteiger charge is -2.17. The summed E-state index contributed by atoms with van der Waals surface area (Å²) in [6.45, 7) is 5.19. The Balaban J connectivity index is 0.000000174. The van der Waals surface area contributed by atoms with E-state index in [2.05, 4.69) is 69.7 Å². The van der Waals surface area contributed by atoms with Crippen LogP contribution in [-0.2, 0) is 61.6 Å². The van der Waals surface area contributed by atoms with E-state index in [0.29, 0.717) is 17.1 Å². The first-order valence-corrected chi connectivity index (χ1v) is 35.2. The fourth-order valence-electron chi connectivity index (χ4n) is 12.7. The summed E-state index contributed by atoms with van der Waals surface area (Å²) in [4.78, 5) is 34.4. The zero-order valence-electron chi connectivity index (χ0n) is 59.3. The van der Waals surface area contributed by atoms with Crippen molar-refractivity contribution in [3.05, 3.63) is 271 Å². The summed E-state index contributed by atoms with van der Waals surface area (Å²) >= 11 is 3.54. The van der Waals surface area contributed by atoms with Crippen molar-refractivity contribution in [1.29, 1.82) is 0 Å². The molecule has 0 spiro atoms. The molecule has 3 N–H and O–H groups in total. The van der Waals surface area contributed by atoms with E-state index in [9.17, 15) is 53.9 Å². The zero-order chi connectivity index (χ0) is 77.9. The molecule has 0 radical (unpaired) electrons. The number of alkyl halides is 9. The van der Waals surface area contributed by atoms with Crippen molar-refractivity contribution in [3.8, 4) is 75.0 Å². The van der Waals surface area contributed by atoms with Gasteiger partial charge < -0.3 is 38.8 Å². The van der Waals surface area contributed by atoms with Crippen LogP contribution in [0.15, 0.2) is 205 Å². The number of carbonyl (C=O) groups is 3. The maximum absolute atomic E-state index is 12.9. The van der Waals surface area contributed by atoms with Crippen molar-refractivity contribution < 1.29 is 92.7 Å². The number of hydrogen-bond acceptors (Lipinski definition) is 10. The van der Waals surface area contributed by atoms with Gasteiger partial charge in [-0.05, 0) is 222 Å². The topological polar surface area (TPSA) is 158 Å². The number of methoxy groups -OCH3 is 2. The molecular weight excluding hydrogens is 1470 g/mol. The molecule has 22 heteroatoms. The van der Waals surface area contributed by atoms with Gasteiger partial charge in [0.1, 0.15) is 35.6 Å². The summed E-state index contributed by atoms with van der Waals surface area (Å²) in [6, 6.07) is 55.0. The average Bonchev–Trinajstić information content (AvgIpc) is 1.16. The van der Waals surface area contributed by atoms with Crippen LogP contribution in [0.3, 0.4) is 0 Å². The molecule has 108 heavy (non-hydrogen) atoms. The fourth-order valence-corrected chi connectivity index (χ4v) is 13.1. The minimum Gasteiger partial charge on any atom is -0.486 e. The Bertz CT molecular complexity index is 4760. The highest BCUT2D eigenvalue weighted by Gasteiger charge is 2.34. The average molecular weight is 1550 g/mol. The molecule has 0 amide bonds. The van der Waals surface area contributed by atoms with Crippen LogP contribution in [0.1, 0.15) is 162 Å². The summed E-state index contributed by atoms with van der Waals surface area (Å²) in [5, 5.41) is 26.3. The number of benzene rings is 9. The minimum atomic E-state index is -4.39. The van der Waals surface area contributed by atoms with Crippen LogP contribution in [0.25, 0.3) is 22.3 Å². The van der Waals surface area contributed by atoms with Crippen molar-refractivity contribution in [2.45, 2.75) is 133 Å². The van der Waals surface area contributed by atoms with Gasteiger partial charge in [-0.15, -0.1) is 17.8 Å². The van der Waals surface area contributed by atoms with Gasteiger partial charge >= 0.3 is 43.6 Å². The molecule has 3 aliphatic rings. The van der Waals surface area contributed by atoms with E-state index in [4.69, 9.17) is 38.8 Å². The maximum Gasteiger partial charge on any atom is 0.488 e. The molecule has 0 heterocycles. The third kappa shape index (κ3) is 22.5. The van der Waals surface area contributed by atoms with Gasteiger partial charge in [0.15, 0.2) is 0 Å². The summed E-state index contributed by atoms with van der Waals surface area (Å²) in [5.41, 5.74) is 10.8. The predicted molar refractivity (Wildman–Crippen MR) is 398 cm³/mol. The highest BCUT2D eigenvalue weighted by Crippen LogP contribution is 2.43. The van der Waals surface area contributed by atoms with Crippen LogP contribution in [0, 0.1) is 35.5 Å². The van der Waals surface area contributed by atoms with E-state index in [-0.39, 0.29) is 72.7 Å². The Morgan fingerprint density at radius 3 is 1.02 bits per heavy atom. The normalized spacial score (nSPS) is 15.2. The molecule has 9 aromatic rings. The number of rotatable bonds is 18. The van der Waals surface area contributed by atoms with Crippen molar-refractivity contribution >= 4 is 46.4 Å². The SMILES string of the molecule is CC#C[C@@H](CC(=O)O)c1ccc(OC2CCc3ccc(-c4ccc(C(F)(F)F)cc4)cc32)cc1.CC#C[C@@H](CC(=O)OC)c1ccc(OC2CCc3ccc(-c4ccc(C(F)(F)F)cc4)cc32)cc1.CC#C[C@@H](CC(=O)OC)c1ccc(OC2CCc3ccc(Br)cc32)cc1.OB(O)c1ccc(C(F)(F)F)cc1. The standard InChI is InChI=1S/C29H25F3O3.C28H23F3O3.C22H21BrO3.C7H6BF3O2/c1-3-4-22(18-28(33)34-2)20-9-14-25(15-10-20)35-27-16-11-21-5-6-23(17-26(21)27)19-7-12-24(13-8-19)29(30,31)32;1-2-3-21(17-27(32)33)19-8-13-24(14-9-19)34-26-15-10-20-4-5-22(16-25(20)26)18-6-11-23(12-7-18)28(29,30)31;1-3-4-17(13-22(24)25-2)15-6-10-19(11-7-15)26-21-12-8-16-5-9-18(23)14-20(16)21;9-7(10,11)5-1-3-6(4-2-5)8(12)13/h5-10,12-15,17,22,27H,11,16,18H2,1-2H3;4-9,11-14,16,21,26H,10,15,17H2,1H3,(H,32,33);5-7,9-11,14,17,21H,8,12-13H2,1-2H3;1-4,12-13H/t22-,27?;21-,26?;17-,21?;/m000./s1. The molecule has 0 aromatic heterocycles. The van der Waals surface area contributed by atoms with Gasteiger partial charge in [0.05, 0.1) is 67.9 Å². The molecule has 558 valence electrons. The molecule has 6 atom stereocenters. The molecule has 3 unspecified atom stereocenters. The fraction of sp³-hybridized carbons (Fsp3) is 0.267. The Kier molecular flexibility index (Phi) is 28.0. The van der Waals surface area contributed by atoms with Crippen molar-refractivity contribution in [2.24, 2.45) is 0 Å². The van der Waals surface area contributed by atoms with Crippen LogP contribution in [0.5, 0.6) is 17.2 Å². The van der Waals surface area contributed by atoms with E-state index >= 15 is 0 Å².